The summed E-state index contributed by atoms with van der Waals surface area (Å²) in [6.07, 6.45) is 3.16. The van der Waals surface area contributed by atoms with E-state index in [0.717, 1.165) is 11.3 Å². The molecule has 0 unspecified atom stereocenters. The lowest BCUT2D eigenvalue weighted by atomic mass is 10.1. The molecule has 0 amide bonds. The normalized spacial score (nSPS) is 10.6. The molecular weight excluding hydrogens is 268 g/mol. The van der Waals surface area contributed by atoms with Crippen LogP contribution in [0.4, 0.5) is 0 Å². The van der Waals surface area contributed by atoms with Crippen molar-refractivity contribution in [1.82, 2.24) is 0 Å². The van der Waals surface area contributed by atoms with Gasteiger partial charge in [-0.1, -0.05) is 18.2 Å². The van der Waals surface area contributed by atoms with Crippen molar-refractivity contribution in [1.29, 1.82) is 0 Å². The van der Waals surface area contributed by atoms with E-state index in [1.165, 1.54) is 25.3 Å². The van der Waals surface area contributed by atoms with E-state index in [4.69, 9.17) is 9.47 Å². The smallest absolute Gasteiger partial charge is 0.186 e. The zero-order valence-electron chi connectivity index (χ0n) is 11.9. The number of phenols is 1. The van der Waals surface area contributed by atoms with Crippen LogP contribution in [0.3, 0.4) is 0 Å². The first-order valence-corrected chi connectivity index (χ1v) is 6.37. The molecule has 2 rings (SSSR count). The summed E-state index contributed by atoms with van der Waals surface area (Å²) in [6, 6.07) is 11.8. The van der Waals surface area contributed by atoms with Crippen LogP contribution in [0.2, 0.25) is 0 Å². The van der Waals surface area contributed by atoms with Crippen LogP contribution < -0.4 is 9.47 Å². The van der Waals surface area contributed by atoms with Crippen molar-refractivity contribution in [3.63, 3.8) is 0 Å². The lowest BCUT2D eigenvalue weighted by Crippen LogP contribution is -1.95. The standard InChI is InChI=1S/C17H16O4/c1-20-15-6-3-12(4-7-15)5-8-17(19)13-9-14(18)11-16(10-13)21-2/h3-11,18H,1-2H3. The topological polar surface area (TPSA) is 55.8 Å². The summed E-state index contributed by atoms with van der Waals surface area (Å²) in [5, 5.41) is 9.55. The maximum atomic E-state index is 12.1. The SMILES string of the molecule is COc1ccc(C=CC(=O)c2cc(O)cc(OC)c2)cc1. The number of ketones is 1. The Labute approximate surface area is 123 Å². The van der Waals surface area contributed by atoms with Crippen LogP contribution in [0, 0.1) is 0 Å². The average molecular weight is 284 g/mol. The van der Waals surface area contributed by atoms with E-state index < -0.39 is 0 Å². The first-order chi connectivity index (χ1) is 10.1. The Morgan fingerprint density at radius 3 is 2.29 bits per heavy atom. The molecule has 0 saturated carbocycles. The van der Waals surface area contributed by atoms with Crippen LogP contribution in [-0.2, 0) is 0 Å². The second kappa shape index (κ2) is 6.61. The van der Waals surface area contributed by atoms with Crippen LogP contribution in [0.25, 0.3) is 6.08 Å². The maximum absolute atomic E-state index is 12.1. The number of ether oxygens (including phenoxy) is 2. The molecule has 21 heavy (non-hydrogen) atoms. The van der Waals surface area contributed by atoms with Crippen molar-refractivity contribution in [2.45, 2.75) is 0 Å². The highest BCUT2D eigenvalue weighted by Crippen LogP contribution is 2.22. The molecule has 0 heterocycles. The fraction of sp³-hybridized carbons (Fsp3) is 0.118. The number of aromatic hydroxyl groups is 1. The van der Waals surface area contributed by atoms with E-state index in [2.05, 4.69) is 0 Å². The van der Waals surface area contributed by atoms with Gasteiger partial charge in [0.2, 0.25) is 0 Å². The Morgan fingerprint density at radius 2 is 1.67 bits per heavy atom. The van der Waals surface area contributed by atoms with Gasteiger partial charge in [-0.15, -0.1) is 0 Å². The molecule has 0 radical (unpaired) electrons. The molecule has 0 aliphatic carbocycles. The fourth-order valence-corrected chi connectivity index (χ4v) is 1.83. The van der Waals surface area contributed by atoms with Gasteiger partial charge in [0.25, 0.3) is 0 Å². The van der Waals surface area contributed by atoms with E-state index in [-0.39, 0.29) is 11.5 Å². The highest BCUT2D eigenvalue weighted by Gasteiger charge is 2.06. The summed E-state index contributed by atoms with van der Waals surface area (Å²) in [4.78, 5) is 12.1. The Balaban J connectivity index is 2.16. The minimum Gasteiger partial charge on any atom is -0.508 e. The van der Waals surface area contributed by atoms with Gasteiger partial charge in [-0.05, 0) is 35.9 Å². The number of methoxy groups -OCH3 is 2. The van der Waals surface area contributed by atoms with E-state index >= 15 is 0 Å². The number of benzene rings is 2. The quantitative estimate of drug-likeness (QED) is 0.676. The third kappa shape index (κ3) is 3.86. The van der Waals surface area contributed by atoms with Crippen molar-refractivity contribution in [2.75, 3.05) is 14.2 Å². The predicted octanol–water partition coefficient (Wildman–Crippen LogP) is 3.31. The molecule has 4 nitrogen and oxygen atoms in total. The van der Waals surface area contributed by atoms with Crippen LogP contribution in [0.5, 0.6) is 17.2 Å². The van der Waals surface area contributed by atoms with Gasteiger partial charge >= 0.3 is 0 Å². The zero-order valence-corrected chi connectivity index (χ0v) is 11.9. The third-order valence-electron chi connectivity index (χ3n) is 2.95. The van der Waals surface area contributed by atoms with E-state index in [1.807, 2.05) is 24.3 Å². The number of hydrogen-bond acceptors (Lipinski definition) is 4. The third-order valence-corrected chi connectivity index (χ3v) is 2.95. The lowest BCUT2D eigenvalue weighted by molar-refractivity contribution is 0.104. The number of allylic oxidation sites excluding steroid dienone is 1. The Hall–Kier alpha value is -2.75. The van der Waals surface area contributed by atoms with Gasteiger partial charge in [0.15, 0.2) is 5.78 Å². The Morgan fingerprint density at radius 1 is 1.00 bits per heavy atom. The molecule has 0 spiro atoms. The lowest BCUT2D eigenvalue weighted by Gasteiger charge is -2.03. The monoisotopic (exact) mass is 284 g/mol. The summed E-state index contributed by atoms with van der Waals surface area (Å²) < 4.78 is 10.1. The summed E-state index contributed by atoms with van der Waals surface area (Å²) in [5.41, 5.74) is 1.26. The highest BCUT2D eigenvalue weighted by atomic mass is 16.5. The van der Waals surface area contributed by atoms with Crippen LogP contribution >= 0.6 is 0 Å². The van der Waals surface area contributed by atoms with Gasteiger partial charge in [0, 0.05) is 11.6 Å². The number of phenolic OH excluding ortho intramolecular Hbond substituents is 1. The summed E-state index contributed by atoms with van der Waals surface area (Å²) >= 11 is 0. The molecule has 0 saturated heterocycles. The van der Waals surface area contributed by atoms with Crippen LogP contribution in [0.1, 0.15) is 15.9 Å². The van der Waals surface area contributed by atoms with E-state index in [1.54, 1.807) is 19.3 Å². The summed E-state index contributed by atoms with van der Waals surface area (Å²) in [6.45, 7) is 0. The molecule has 1 N–H and O–H groups in total. The Bertz CT molecular complexity index is 657. The van der Waals surface area contributed by atoms with Gasteiger partial charge in [-0.2, -0.15) is 0 Å². The Kier molecular flexibility index (Phi) is 4.61. The van der Waals surface area contributed by atoms with Crippen molar-refractivity contribution < 1.29 is 19.4 Å². The number of carbonyl (C=O) groups excluding carboxylic acids is 1. The van der Waals surface area contributed by atoms with Crippen molar-refractivity contribution >= 4 is 11.9 Å². The molecule has 2 aromatic carbocycles. The minimum atomic E-state index is -0.208. The first-order valence-electron chi connectivity index (χ1n) is 6.37. The van der Waals surface area contributed by atoms with E-state index in [0.29, 0.717) is 11.3 Å². The predicted molar refractivity (Wildman–Crippen MR) is 81.0 cm³/mol. The molecule has 0 aliphatic rings. The fourth-order valence-electron chi connectivity index (χ4n) is 1.83. The molecule has 0 bridgehead atoms. The van der Waals surface area contributed by atoms with Gasteiger partial charge in [0.1, 0.15) is 17.2 Å². The maximum Gasteiger partial charge on any atom is 0.186 e. The van der Waals surface area contributed by atoms with Crippen molar-refractivity contribution in [3.8, 4) is 17.2 Å². The van der Waals surface area contributed by atoms with Crippen molar-refractivity contribution in [3.05, 3.63) is 59.7 Å². The zero-order chi connectivity index (χ0) is 15.2. The molecule has 0 aromatic heterocycles. The number of carbonyl (C=O) groups is 1. The molecule has 4 heteroatoms. The average Bonchev–Trinajstić information content (AvgIpc) is 2.52. The minimum absolute atomic E-state index is 0.00412. The number of rotatable bonds is 5. The second-order valence-electron chi connectivity index (χ2n) is 4.39. The molecule has 108 valence electrons. The highest BCUT2D eigenvalue weighted by molar-refractivity contribution is 6.07. The molecule has 0 fully saturated rings. The van der Waals surface area contributed by atoms with Crippen molar-refractivity contribution in [2.24, 2.45) is 0 Å². The van der Waals surface area contributed by atoms with Crippen LogP contribution in [-0.4, -0.2) is 25.1 Å². The van der Waals surface area contributed by atoms with Gasteiger partial charge in [-0.25, -0.2) is 0 Å². The first kappa shape index (κ1) is 14.7. The second-order valence-corrected chi connectivity index (χ2v) is 4.39. The summed E-state index contributed by atoms with van der Waals surface area (Å²) in [5.74, 6) is 0.989. The molecular formula is C17H16O4. The van der Waals surface area contributed by atoms with Crippen LogP contribution in [0.15, 0.2) is 48.5 Å². The van der Waals surface area contributed by atoms with Gasteiger partial charge < -0.3 is 14.6 Å². The number of hydrogen-bond donors (Lipinski definition) is 1. The largest absolute Gasteiger partial charge is 0.508 e. The van der Waals surface area contributed by atoms with Gasteiger partial charge in [0.05, 0.1) is 14.2 Å². The summed E-state index contributed by atoms with van der Waals surface area (Å²) in [7, 11) is 3.08. The van der Waals surface area contributed by atoms with E-state index in [9.17, 15) is 9.90 Å². The molecule has 2 aromatic rings. The molecule has 0 aliphatic heterocycles. The molecule has 0 atom stereocenters. The van der Waals surface area contributed by atoms with Gasteiger partial charge in [-0.3, -0.25) is 4.79 Å².